The van der Waals surface area contributed by atoms with E-state index in [1.54, 1.807) is 35.2 Å². The quantitative estimate of drug-likeness (QED) is 0.395. The number of nitrogens with zero attached hydrogens (tertiary/aromatic N) is 2. The van der Waals surface area contributed by atoms with E-state index in [-0.39, 0.29) is 35.9 Å². The monoisotopic (exact) mass is 499 g/mol. The summed E-state index contributed by atoms with van der Waals surface area (Å²) in [7, 11) is 0. The Kier molecular flexibility index (Phi) is 6.23. The van der Waals surface area contributed by atoms with Gasteiger partial charge in [0.25, 0.3) is 11.8 Å². The second-order valence-corrected chi connectivity index (χ2v) is 9.80. The lowest BCUT2D eigenvalue weighted by Gasteiger charge is -2.23. The van der Waals surface area contributed by atoms with E-state index in [9.17, 15) is 14.4 Å². The van der Waals surface area contributed by atoms with Gasteiger partial charge in [-0.25, -0.2) is 0 Å². The molecule has 5 rings (SSSR count). The van der Waals surface area contributed by atoms with Gasteiger partial charge in [0.2, 0.25) is 5.91 Å². The predicted molar refractivity (Wildman–Crippen MR) is 143 cm³/mol. The molecule has 2 aliphatic rings. The van der Waals surface area contributed by atoms with Crippen LogP contribution >= 0.6 is 24.0 Å². The highest BCUT2D eigenvalue weighted by Crippen LogP contribution is 2.46. The molecule has 3 amide bonds. The summed E-state index contributed by atoms with van der Waals surface area (Å²) < 4.78 is 0.402. The number of carbonyl (C=O) groups excluding carboxylic acids is 3. The Morgan fingerprint density at radius 3 is 2.26 bits per heavy atom. The molecule has 0 unspecified atom stereocenters. The van der Waals surface area contributed by atoms with Crippen LogP contribution in [0, 0.1) is 0 Å². The molecule has 0 radical (unpaired) electrons. The van der Waals surface area contributed by atoms with Crippen molar-refractivity contribution in [3.8, 4) is 0 Å². The molecule has 35 heavy (non-hydrogen) atoms. The minimum absolute atomic E-state index is 0.172. The van der Waals surface area contributed by atoms with Crippen LogP contribution in [0.15, 0.2) is 89.8 Å². The molecule has 8 heteroatoms. The number of carbonyl (C=O) groups is 3. The molecule has 0 aromatic heterocycles. The van der Waals surface area contributed by atoms with Crippen molar-refractivity contribution in [2.24, 2.45) is 0 Å². The summed E-state index contributed by atoms with van der Waals surface area (Å²) in [6.07, 6.45) is 0. The van der Waals surface area contributed by atoms with Gasteiger partial charge in [-0.3, -0.25) is 24.2 Å². The van der Waals surface area contributed by atoms with Gasteiger partial charge in [0.05, 0.1) is 22.2 Å². The lowest BCUT2D eigenvalue weighted by atomic mass is 10.1. The van der Waals surface area contributed by atoms with E-state index >= 15 is 0 Å². The van der Waals surface area contributed by atoms with Crippen LogP contribution in [0.4, 0.5) is 11.4 Å². The number of anilines is 2. The average molecular weight is 500 g/mol. The van der Waals surface area contributed by atoms with Crippen molar-refractivity contribution >= 4 is 63.0 Å². The van der Waals surface area contributed by atoms with Gasteiger partial charge in [-0.05, 0) is 30.7 Å². The van der Waals surface area contributed by atoms with E-state index in [0.29, 0.717) is 26.2 Å². The van der Waals surface area contributed by atoms with Crippen LogP contribution in [0.5, 0.6) is 0 Å². The minimum Gasteiger partial charge on any atom is -0.325 e. The van der Waals surface area contributed by atoms with Crippen molar-refractivity contribution in [1.82, 2.24) is 4.90 Å². The fraction of sp³-hybridized carbons (Fsp3) is 0.111. The molecule has 3 aromatic rings. The molecule has 2 aliphatic heterocycles. The van der Waals surface area contributed by atoms with E-state index in [0.717, 1.165) is 17.3 Å². The lowest BCUT2D eigenvalue weighted by Crippen LogP contribution is -2.35. The second-order valence-electron chi connectivity index (χ2n) is 8.16. The van der Waals surface area contributed by atoms with Crippen LogP contribution in [0.25, 0.3) is 5.57 Å². The standard InChI is InChI=1S/C27H21N3O3S2/c1-17(18-10-4-2-5-11-18)30-26(33)24(35-27(30)34)23-20-14-8-9-15-21(20)29(25(23)32)16-22(31)28-19-12-6-3-7-13-19/h2-15,17H,16H2,1H3,(H,28,31)/b24-23-/t17-/m1/s1. The first-order chi connectivity index (χ1) is 17.0. The molecule has 1 atom stereocenters. The first kappa shape index (κ1) is 23.0. The molecule has 1 N–H and O–H groups in total. The smallest absolute Gasteiger partial charge is 0.267 e. The molecule has 0 aliphatic carbocycles. The molecule has 0 bridgehead atoms. The zero-order chi connectivity index (χ0) is 24.5. The maximum Gasteiger partial charge on any atom is 0.267 e. The van der Waals surface area contributed by atoms with Gasteiger partial charge < -0.3 is 5.32 Å². The average Bonchev–Trinajstić information content (AvgIpc) is 3.31. The zero-order valence-corrected chi connectivity index (χ0v) is 20.4. The third kappa shape index (κ3) is 4.26. The topological polar surface area (TPSA) is 69.7 Å². The van der Waals surface area contributed by atoms with Crippen molar-refractivity contribution in [1.29, 1.82) is 0 Å². The van der Waals surface area contributed by atoms with Gasteiger partial charge in [0.1, 0.15) is 10.9 Å². The summed E-state index contributed by atoms with van der Waals surface area (Å²) in [6.45, 7) is 1.74. The molecule has 0 saturated carbocycles. The van der Waals surface area contributed by atoms with Gasteiger partial charge in [-0.1, -0.05) is 90.7 Å². The molecule has 6 nitrogen and oxygen atoms in total. The number of hydrogen-bond donors (Lipinski definition) is 1. The van der Waals surface area contributed by atoms with Crippen LogP contribution in [0.3, 0.4) is 0 Å². The highest BCUT2D eigenvalue weighted by molar-refractivity contribution is 8.26. The number of fused-ring (bicyclic) bond motifs is 1. The molecule has 1 fully saturated rings. The molecule has 0 spiro atoms. The van der Waals surface area contributed by atoms with E-state index in [1.165, 1.54) is 4.90 Å². The molecular formula is C27H21N3O3S2. The first-order valence-electron chi connectivity index (χ1n) is 11.1. The summed E-state index contributed by atoms with van der Waals surface area (Å²) in [5.74, 6) is -1.02. The largest absolute Gasteiger partial charge is 0.325 e. The summed E-state index contributed by atoms with van der Waals surface area (Å²) >= 11 is 6.69. The van der Waals surface area contributed by atoms with Crippen LogP contribution in [0.1, 0.15) is 24.1 Å². The Balaban J connectivity index is 1.46. The fourth-order valence-corrected chi connectivity index (χ4v) is 5.76. The molecular weight excluding hydrogens is 478 g/mol. The molecule has 174 valence electrons. The van der Waals surface area contributed by atoms with Gasteiger partial charge in [0.15, 0.2) is 0 Å². The number of thiocarbonyl (C=S) groups is 1. The predicted octanol–water partition coefficient (Wildman–Crippen LogP) is 5.00. The van der Waals surface area contributed by atoms with Gasteiger partial charge in [-0.2, -0.15) is 0 Å². The van der Waals surface area contributed by atoms with Gasteiger partial charge >= 0.3 is 0 Å². The van der Waals surface area contributed by atoms with Crippen molar-refractivity contribution in [3.05, 3.63) is 101 Å². The third-order valence-electron chi connectivity index (χ3n) is 5.98. The Labute approximate surface area is 212 Å². The van der Waals surface area contributed by atoms with Crippen molar-refractivity contribution in [2.45, 2.75) is 13.0 Å². The SMILES string of the molecule is C[C@H](c1ccccc1)N1C(=O)/C(=C2/C(=O)N(CC(=O)Nc3ccccc3)c3ccccc32)SC1=S. The number of hydrogen-bond acceptors (Lipinski definition) is 5. The maximum atomic E-state index is 13.6. The van der Waals surface area contributed by atoms with Crippen LogP contribution in [0.2, 0.25) is 0 Å². The van der Waals surface area contributed by atoms with Crippen LogP contribution in [-0.4, -0.2) is 33.5 Å². The second kappa shape index (κ2) is 9.48. The van der Waals surface area contributed by atoms with Crippen LogP contribution < -0.4 is 10.2 Å². The van der Waals surface area contributed by atoms with E-state index in [2.05, 4.69) is 5.32 Å². The van der Waals surface area contributed by atoms with Crippen molar-refractivity contribution in [2.75, 3.05) is 16.8 Å². The summed E-state index contributed by atoms with van der Waals surface area (Å²) in [4.78, 5) is 43.2. The lowest BCUT2D eigenvalue weighted by molar-refractivity contribution is -0.123. The van der Waals surface area contributed by atoms with Gasteiger partial charge in [0, 0.05) is 11.3 Å². The molecule has 3 aromatic carbocycles. The normalized spacial score (nSPS) is 18.1. The Hall–Kier alpha value is -3.75. The maximum absolute atomic E-state index is 13.6. The summed E-state index contributed by atoms with van der Waals surface area (Å²) in [6, 6.07) is 25.6. The Morgan fingerprint density at radius 1 is 0.914 bits per heavy atom. The zero-order valence-electron chi connectivity index (χ0n) is 18.8. The number of benzene rings is 3. The minimum atomic E-state index is -0.387. The van der Waals surface area contributed by atoms with E-state index in [1.807, 2.05) is 61.5 Å². The molecule has 2 heterocycles. The summed E-state index contributed by atoms with van der Waals surface area (Å²) in [5, 5.41) is 2.81. The Morgan fingerprint density at radius 2 is 1.54 bits per heavy atom. The summed E-state index contributed by atoms with van der Waals surface area (Å²) in [5.41, 5.74) is 3.10. The van der Waals surface area contributed by atoms with Crippen molar-refractivity contribution in [3.63, 3.8) is 0 Å². The Bertz CT molecular complexity index is 1370. The highest BCUT2D eigenvalue weighted by atomic mass is 32.2. The number of rotatable bonds is 5. The number of amides is 3. The number of thioether (sulfide) groups is 1. The van der Waals surface area contributed by atoms with Crippen molar-refractivity contribution < 1.29 is 14.4 Å². The highest BCUT2D eigenvalue weighted by Gasteiger charge is 2.43. The number of para-hydroxylation sites is 2. The van der Waals surface area contributed by atoms with E-state index < -0.39 is 0 Å². The van der Waals surface area contributed by atoms with E-state index in [4.69, 9.17) is 12.2 Å². The fourth-order valence-electron chi connectivity index (χ4n) is 4.27. The van der Waals surface area contributed by atoms with Gasteiger partial charge in [-0.15, -0.1) is 0 Å². The third-order valence-corrected chi connectivity index (χ3v) is 7.38. The first-order valence-corrected chi connectivity index (χ1v) is 12.3. The number of nitrogens with one attached hydrogen (secondary N) is 1. The molecule has 1 saturated heterocycles. The van der Waals surface area contributed by atoms with Crippen LogP contribution in [-0.2, 0) is 14.4 Å².